The van der Waals surface area contributed by atoms with Gasteiger partial charge in [-0.15, -0.1) is 0 Å². The molecule has 0 aliphatic carbocycles. The van der Waals surface area contributed by atoms with Crippen LogP contribution in [0.4, 0.5) is 11.8 Å². The summed E-state index contributed by atoms with van der Waals surface area (Å²) in [4.78, 5) is 15.0. The highest BCUT2D eigenvalue weighted by Gasteiger charge is 2.17. The van der Waals surface area contributed by atoms with Gasteiger partial charge in [-0.25, -0.2) is 14.6 Å². The first-order chi connectivity index (χ1) is 12.1. The Balaban J connectivity index is 1.88. The minimum absolute atomic E-state index is 0.414. The molecule has 0 aliphatic heterocycles. The van der Waals surface area contributed by atoms with E-state index in [2.05, 4.69) is 38.8 Å². The second kappa shape index (κ2) is 5.73. The third-order valence-corrected chi connectivity index (χ3v) is 4.33. The fraction of sp³-hybridized carbons (Fsp3) is 0.294. The van der Waals surface area contributed by atoms with Gasteiger partial charge in [0.05, 0.1) is 5.39 Å². The largest absolute Gasteiger partial charge is 0.423 e. The third-order valence-electron chi connectivity index (χ3n) is 4.33. The van der Waals surface area contributed by atoms with E-state index in [-0.39, 0.29) is 0 Å². The molecule has 0 bridgehead atoms. The lowest BCUT2D eigenvalue weighted by Gasteiger charge is -2.14. The smallest absolute Gasteiger partial charge is 0.298 e. The van der Waals surface area contributed by atoms with Crippen LogP contribution >= 0.6 is 0 Å². The number of anilines is 2. The van der Waals surface area contributed by atoms with Crippen LogP contribution in [0.1, 0.15) is 13.8 Å². The van der Waals surface area contributed by atoms with E-state index in [0.29, 0.717) is 17.5 Å². The lowest BCUT2D eigenvalue weighted by atomic mass is 10.1. The van der Waals surface area contributed by atoms with Gasteiger partial charge in [0, 0.05) is 25.7 Å². The average molecular weight is 337 g/mol. The van der Waals surface area contributed by atoms with E-state index in [0.717, 1.165) is 40.8 Å². The standard InChI is InChI=1S/C17H19N7O/c1-4-24(5-2)17-21-11-8-10(6-7-12(11)25-17)14-13-15(18)19-9-20-16(13)23(3)22-14/h6-9H,4-5H2,1-3H3,(H2,18,19,20). The van der Waals surface area contributed by atoms with Gasteiger partial charge in [-0.05, 0) is 32.0 Å². The summed E-state index contributed by atoms with van der Waals surface area (Å²) in [5.41, 5.74) is 9.93. The fourth-order valence-corrected chi connectivity index (χ4v) is 3.00. The third kappa shape index (κ3) is 2.37. The van der Waals surface area contributed by atoms with Crippen molar-refractivity contribution >= 4 is 34.0 Å². The highest BCUT2D eigenvalue weighted by atomic mass is 16.4. The highest BCUT2D eigenvalue weighted by molar-refractivity contribution is 5.99. The number of hydrogen-bond donors (Lipinski definition) is 1. The Hall–Kier alpha value is -3.16. The second-order valence-electron chi connectivity index (χ2n) is 5.78. The summed E-state index contributed by atoms with van der Waals surface area (Å²) in [6.45, 7) is 5.84. The number of oxazole rings is 1. The van der Waals surface area contributed by atoms with Crippen molar-refractivity contribution in [1.82, 2.24) is 24.7 Å². The Morgan fingerprint density at radius 1 is 1.20 bits per heavy atom. The molecule has 0 amide bonds. The van der Waals surface area contributed by atoms with Gasteiger partial charge in [-0.3, -0.25) is 0 Å². The van der Waals surface area contributed by atoms with Crippen molar-refractivity contribution < 1.29 is 4.42 Å². The van der Waals surface area contributed by atoms with Gasteiger partial charge in [-0.1, -0.05) is 0 Å². The Morgan fingerprint density at radius 2 is 2.00 bits per heavy atom. The van der Waals surface area contributed by atoms with E-state index >= 15 is 0 Å². The molecule has 2 N–H and O–H groups in total. The summed E-state index contributed by atoms with van der Waals surface area (Å²) < 4.78 is 7.56. The molecule has 0 unspecified atom stereocenters. The van der Waals surface area contributed by atoms with Crippen LogP contribution < -0.4 is 10.6 Å². The van der Waals surface area contributed by atoms with Gasteiger partial charge >= 0.3 is 0 Å². The van der Waals surface area contributed by atoms with Crippen LogP contribution in [0.2, 0.25) is 0 Å². The van der Waals surface area contributed by atoms with E-state index in [9.17, 15) is 0 Å². The predicted octanol–water partition coefficient (Wildman–Crippen LogP) is 2.60. The predicted molar refractivity (Wildman–Crippen MR) is 97.3 cm³/mol. The number of nitrogens with zero attached hydrogens (tertiary/aromatic N) is 6. The first kappa shape index (κ1) is 15.4. The molecule has 8 heteroatoms. The Labute approximate surface area is 144 Å². The highest BCUT2D eigenvalue weighted by Crippen LogP contribution is 2.32. The first-order valence-electron chi connectivity index (χ1n) is 8.21. The first-order valence-corrected chi connectivity index (χ1v) is 8.21. The van der Waals surface area contributed by atoms with Gasteiger partial charge in [-0.2, -0.15) is 10.1 Å². The molecule has 0 aliphatic rings. The summed E-state index contributed by atoms with van der Waals surface area (Å²) in [6.07, 6.45) is 1.44. The van der Waals surface area contributed by atoms with Gasteiger partial charge in [0.25, 0.3) is 6.01 Å². The van der Waals surface area contributed by atoms with Gasteiger partial charge in [0.2, 0.25) is 0 Å². The lowest BCUT2D eigenvalue weighted by molar-refractivity contribution is 0.576. The molecular weight excluding hydrogens is 318 g/mol. The van der Waals surface area contributed by atoms with Crippen molar-refractivity contribution in [2.45, 2.75) is 13.8 Å². The molecule has 0 saturated carbocycles. The van der Waals surface area contributed by atoms with Crippen molar-refractivity contribution in [3.05, 3.63) is 24.5 Å². The zero-order valence-electron chi connectivity index (χ0n) is 14.4. The summed E-state index contributed by atoms with van der Waals surface area (Å²) in [6, 6.07) is 6.45. The van der Waals surface area contributed by atoms with Gasteiger partial charge in [0.1, 0.15) is 23.4 Å². The average Bonchev–Trinajstić information content (AvgIpc) is 3.18. The van der Waals surface area contributed by atoms with Crippen molar-refractivity contribution in [3.8, 4) is 11.3 Å². The maximum Gasteiger partial charge on any atom is 0.298 e. The normalized spacial score (nSPS) is 11.5. The SMILES string of the molecule is CCN(CC)c1nc2cc(-c3nn(C)c4ncnc(N)c34)ccc2o1. The summed E-state index contributed by atoms with van der Waals surface area (Å²) in [7, 11) is 1.84. The Kier molecular flexibility index (Phi) is 3.52. The Bertz CT molecular complexity index is 1060. The molecule has 4 rings (SSSR count). The molecule has 25 heavy (non-hydrogen) atoms. The van der Waals surface area contributed by atoms with Crippen LogP contribution in [0, 0.1) is 0 Å². The van der Waals surface area contributed by atoms with E-state index < -0.39 is 0 Å². The topological polar surface area (TPSA) is 98.9 Å². The molecule has 0 fully saturated rings. The number of fused-ring (bicyclic) bond motifs is 2. The molecule has 0 spiro atoms. The van der Waals surface area contributed by atoms with Crippen LogP contribution in [-0.4, -0.2) is 37.8 Å². The molecule has 3 heterocycles. The summed E-state index contributed by atoms with van der Waals surface area (Å²) >= 11 is 0. The van der Waals surface area contributed by atoms with E-state index in [1.165, 1.54) is 6.33 Å². The van der Waals surface area contributed by atoms with Crippen LogP contribution in [0.25, 0.3) is 33.4 Å². The quantitative estimate of drug-likeness (QED) is 0.611. The van der Waals surface area contributed by atoms with Crippen LogP contribution in [0.15, 0.2) is 28.9 Å². The Morgan fingerprint density at radius 3 is 2.76 bits per heavy atom. The zero-order valence-corrected chi connectivity index (χ0v) is 14.4. The number of hydrogen-bond acceptors (Lipinski definition) is 7. The summed E-state index contributed by atoms with van der Waals surface area (Å²) in [5.74, 6) is 0.414. The molecular formula is C17H19N7O. The van der Waals surface area contributed by atoms with Crippen LogP contribution in [0.5, 0.6) is 0 Å². The van der Waals surface area contributed by atoms with Crippen molar-refractivity contribution in [3.63, 3.8) is 0 Å². The van der Waals surface area contributed by atoms with Crippen LogP contribution in [-0.2, 0) is 7.05 Å². The van der Waals surface area contributed by atoms with Gasteiger partial charge < -0.3 is 15.1 Å². The molecule has 0 atom stereocenters. The van der Waals surface area contributed by atoms with E-state index in [4.69, 9.17) is 10.2 Å². The van der Waals surface area contributed by atoms with Crippen molar-refractivity contribution in [2.75, 3.05) is 23.7 Å². The lowest BCUT2D eigenvalue weighted by Crippen LogP contribution is -2.21. The summed E-state index contributed by atoms with van der Waals surface area (Å²) in [5, 5.41) is 5.31. The maximum atomic E-state index is 6.05. The molecule has 4 aromatic rings. The maximum absolute atomic E-state index is 6.05. The van der Waals surface area contributed by atoms with Crippen LogP contribution in [0.3, 0.4) is 0 Å². The number of nitrogen functional groups attached to an aromatic ring is 1. The second-order valence-corrected chi connectivity index (χ2v) is 5.78. The van der Waals surface area contributed by atoms with Gasteiger partial charge in [0.15, 0.2) is 11.2 Å². The number of aromatic nitrogens is 5. The molecule has 3 aromatic heterocycles. The van der Waals surface area contributed by atoms with E-state index in [1.54, 1.807) is 4.68 Å². The fourth-order valence-electron chi connectivity index (χ4n) is 3.00. The van der Waals surface area contributed by atoms with Crippen molar-refractivity contribution in [2.24, 2.45) is 7.05 Å². The number of rotatable bonds is 4. The molecule has 1 aromatic carbocycles. The minimum atomic E-state index is 0.414. The number of benzene rings is 1. The monoisotopic (exact) mass is 337 g/mol. The number of aryl methyl sites for hydroxylation is 1. The molecule has 0 saturated heterocycles. The van der Waals surface area contributed by atoms with Crippen molar-refractivity contribution in [1.29, 1.82) is 0 Å². The number of nitrogens with two attached hydrogens (primary N) is 1. The van der Waals surface area contributed by atoms with E-state index in [1.807, 2.05) is 25.2 Å². The molecule has 8 nitrogen and oxygen atoms in total. The molecule has 0 radical (unpaired) electrons. The molecule has 128 valence electrons. The minimum Gasteiger partial charge on any atom is -0.423 e. The zero-order chi connectivity index (χ0) is 17.6.